The van der Waals surface area contributed by atoms with Gasteiger partial charge in [0.2, 0.25) is 5.95 Å². The molecule has 2 rings (SSSR count). The Morgan fingerprint density at radius 2 is 2.12 bits per heavy atom. The van der Waals surface area contributed by atoms with Crippen LogP contribution in [0.4, 0.5) is 5.95 Å². The standard InChI is InChI=1S/C12H18ClN3/c1-9-7-8-14-12(15-9)16-11-6-4-2-3-5-10(11)13/h7-8,10-11H,2-6H2,1H3,(H,14,15,16). The first-order valence-corrected chi connectivity index (χ1v) is 6.39. The molecule has 1 aromatic rings. The number of hydrogen-bond acceptors (Lipinski definition) is 3. The van der Waals surface area contributed by atoms with Gasteiger partial charge in [-0.2, -0.15) is 0 Å². The lowest BCUT2D eigenvalue weighted by Crippen LogP contribution is -2.29. The number of alkyl halides is 1. The average molecular weight is 240 g/mol. The Balaban J connectivity index is 2.02. The molecule has 16 heavy (non-hydrogen) atoms. The van der Waals surface area contributed by atoms with E-state index < -0.39 is 0 Å². The highest BCUT2D eigenvalue weighted by Gasteiger charge is 2.22. The largest absolute Gasteiger partial charge is 0.350 e. The summed E-state index contributed by atoms with van der Waals surface area (Å²) < 4.78 is 0. The lowest BCUT2D eigenvalue weighted by atomic mass is 10.1. The molecule has 1 N–H and O–H groups in total. The van der Waals surface area contributed by atoms with E-state index in [1.807, 2.05) is 13.0 Å². The molecule has 2 unspecified atom stereocenters. The van der Waals surface area contributed by atoms with Crippen LogP contribution in [0.5, 0.6) is 0 Å². The lowest BCUT2D eigenvalue weighted by Gasteiger charge is -2.21. The van der Waals surface area contributed by atoms with Crippen LogP contribution in [0.2, 0.25) is 0 Å². The van der Waals surface area contributed by atoms with Crippen molar-refractivity contribution >= 4 is 17.5 Å². The van der Waals surface area contributed by atoms with Gasteiger partial charge in [-0.1, -0.05) is 19.3 Å². The Bertz CT molecular complexity index is 343. The fourth-order valence-corrected chi connectivity index (χ4v) is 2.45. The van der Waals surface area contributed by atoms with Gasteiger partial charge in [-0.3, -0.25) is 0 Å². The van der Waals surface area contributed by atoms with Gasteiger partial charge in [0, 0.05) is 17.9 Å². The summed E-state index contributed by atoms with van der Waals surface area (Å²) in [5, 5.41) is 3.56. The molecule has 0 bridgehead atoms. The second-order valence-corrected chi connectivity index (χ2v) is 4.99. The molecule has 1 heterocycles. The molecule has 0 spiro atoms. The Labute approximate surface area is 102 Å². The normalized spacial score (nSPS) is 26.1. The highest BCUT2D eigenvalue weighted by Crippen LogP contribution is 2.24. The van der Waals surface area contributed by atoms with Crippen LogP contribution < -0.4 is 5.32 Å². The molecule has 0 amide bonds. The summed E-state index contributed by atoms with van der Waals surface area (Å²) in [5.74, 6) is 0.706. The van der Waals surface area contributed by atoms with Gasteiger partial charge < -0.3 is 5.32 Å². The maximum Gasteiger partial charge on any atom is 0.223 e. The topological polar surface area (TPSA) is 37.8 Å². The van der Waals surface area contributed by atoms with Gasteiger partial charge in [0.1, 0.15) is 0 Å². The smallest absolute Gasteiger partial charge is 0.223 e. The van der Waals surface area contributed by atoms with Crippen molar-refractivity contribution in [2.24, 2.45) is 0 Å². The van der Waals surface area contributed by atoms with Crippen LogP contribution in [-0.2, 0) is 0 Å². The Morgan fingerprint density at radius 3 is 2.94 bits per heavy atom. The number of hydrogen-bond donors (Lipinski definition) is 1. The highest BCUT2D eigenvalue weighted by atomic mass is 35.5. The van der Waals surface area contributed by atoms with Gasteiger partial charge in [0.25, 0.3) is 0 Å². The SMILES string of the molecule is Cc1ccnc(NC2CCCCCC2Cl)n1. The van der Waals surface area contributed by atoms with Crippen LogP contribution in [-0.4, -0.2) is 21.4 Å². The fraction of sp³-hybridized carbons (Fsp3) is 0.667. The minimum absolute atomic E-state index is 0.201. The molecule has 1 saturated carbocycles. The van der Waals surface area contributed by atoms with Crippen molar-refractivity contribution in [2.45, 2.75) is 50.4 Å². The molecule has 0 aliphatic heterocycles. The van der Waals surface area contributed by atoms with Gasteiger partial charge in [0.15, 0.2) is 0 Å². The molecule has 2 atom stereocenters. The van der Waals surface area contributed by atoms with E-state index >= 15 is 0 Å². The number of halogens is 1. The van der Waals surface area contributed by atoms with Gasteiger partial charge >= 0.3 is 0 Å². The molecule has 4 heteroatoms. The molecule has 88 valence electrons. The third-order valence-electron chi connectivity index (χ3n) is 3.04. The van der Waals surface area contributed by atoms with E-state index in [0.29, 0.717) is 12.0 Å². The van der Waals surface area contributed by atoms with Crippen LogP contribution in [0.3, 0.4) is 0 Å². The summed E-state index contributed by atoms with van der Waals surface area (Å²) in [4.78, 5) is 8.57. The van der Waals surface area contributed by atoms with Crippen molar-refractivity contribution in [3.8, 4) is 0 Å². The van der Waals surface area contributed by atoms with Gasteiger partial charge in [0.05, 0.1) is 5.38 Å². The minimum Gasteiger partial charge on any atom is -0.350 e. The van der Waals surface area contributed by atoms with E-state index in [4.69, 9.17) is 11.6 Å². The number of aryl methyl sites for hydroxylation is 1. The van der Waals surface area contributed by atoms with Gasteiger partial charge in [-0.15, -0.1) is 11.6 Å². The predicted molar refractivity (Wildman–Crippen MR) is 66.9 cm³/mol. The summed E-state index contributed by atoms with van der Waals surface area (Å²) in [6.07, 6.45) is 7.75. The first kappa shape index (κ1) is 11.6. The highest BCUT2D eigenvalue weighted by molar-refractivity contribution is 6.21. The lowest BCUT2D eigenvalue weighted by molar-refractivity contribution is 0.621. The zero-order valence-corrected chi connectivity index (χ0v) is 10.4. The minimum atomic E-state index is 0.201. The molecule has 1 fully saturated rings. The second-order valence-electron chi connectivity index (χ2n) is 4.43. The quantitative estimate of drug-likeness (QED) is 0.637. The number of aromatic nitrogens is 2. The summed E-state index contributed by atoms with van der Waals surface area (Å²) in [6.45, 7) is 1.97. The van der Waals surface area contributed by atoms with Crippen LogP contribution >= 0.6 is 11.6 Å². The number of nitrogens with zero attached hydrogens (tertiary/aromatic N) is 2. The average Bonchev–Trinajstić information content (AvgIpc) is 2.45. The van der Waals surface area contributed by atoms with E-state index in [-0.39, 0.29) is 5.38 Å². The predicted octanol–water partition coefficient (Wildman–Crippen LogP) is 3.14. The van der Waals surface area contributed by atoms with Crippen LogP contribution in [0.1, 0.15) is 37.8 Å². The second kappa shape index (κ2) is 5.48. The molecule has 3 nitrogen and oxygen atoms in total. The summed E-state index contributed by atoms with van der Waals surface area (Å²) in [7, 11) is 0. The Kier molecular flexibility index (Phi) is 3.99. The van der Waals surface area contributed by atoms with E-state index in [2.05, 4.69) is 15.3 Å². The summed E-state index contributed by atoms with van der Waals surface area (Å²) in [6, 6.07) is 2.21. The van der Waals surface area contributed by atoms with E-state index in [1.54, 1.807) is 6.20 Å². The monoisotopic (exact) mass is 239 g/mol. The molecule has 1 aliphatic rings. The number of anilines is 1. The zero-order chi connectivity index (χ0) is 11.4. The first-order valence-electron chi connectivity index (χ1n) is 5.96. The third-order valence-corrected chi connectivity index (χ3v) is 3.56. The van der Waals surface area contributed by atoms with Crippen LogP contribution in [0.25, 0.3) is 0 Å². The van der Waals surface area contributed by atoms with Crippen molar-refractivity contribution in [3.63, 3.8) is 0 Å². The third kappa shape index (κ3) is 3.08. The van der Waals surface area contributed by atoms with Crippen LogP contribution in [0, 0.1) is 6.92 Å². The van der Waals surface area contributed by atoms with Crippen molar-refractivity contribution in [1.29, 1.82) is 0 Å². The molecule has 1 aromatic heterocycles. The zero-order valence-electron chi connectivity index (χ0n) is 9.62. The molecule has 1 aliphatic carbocycles. The number of rotatable bonds is 2. The molecular weight excluding hydrogens is 222 g/mol. The van der Waals surface area contributed by atoms with Crippen LogP contribution in [0.15, 0.2) is 12.3 Å². The van der Waals surface area contributed by atoms with Crippen molar-refractivity contribution in [3.05, 3.63) is 18.0 Å². The maximum atomic E-state index is 6.36. The van der Waals surface area contributed by atoms with E-state index in [0.717, 1.165) is 18.5 Å². The number of nitrogens with one attached hydrogen (secondary N) is 1. The first-order chi connectivity index (χ1) is 7.75. The summed E-state index contributed by atoms with van der Waals surface area (Å²) in [5.41, 5.74) is 0.984. The fourth-order valence-electron chi connectivity index (χ4n) is 2.11. The Morgan fingerprint density at radius 1 is 1.31 bits per heavy atom. The van der Waals surface area contributed by atoms with E-state index in [9.17, 15) is 0 Å². The Hall–Kier alpha value is -0.830. The summed E-state index contributed by atoms with van der Waals surface area (Å²) >= 11 is 6.36. The molecule has 0 aromatic carbocycles. The molecule has 0 radical (unpaired) electrons. The van der Waals surface area contributed by atoms with Crippen molar-refractivity contribution in [1.82, 2.24) is 9.97 Å². The maximum absolute atomic E-state index is 6.36. The molecular formula is C12H18ClN3. The van der Waals surface area contributed by atoms with Gasteiger partial charge in [-0.05, 0) is 25.8 Å². The molecule has 0 saturated heterocycles. The van der Waals surface area contributed by atoms with Crippen molar-refractivity contribution in [2.75, 3.05) is 5.32 Å². The van der Waals surface area contributed by atoms with Crippen molar-refractivity contribution < 1.29 is 0 Å². The van der Waals surface area contributed by atoms with Gasteiger partial charge in [-0.25, -0.2) is 9.97 Å². The van der Waals surface area contributed by atoms with E-state index in [1.165, 1.54) is 19.3 Å².